The Balaban J connectivity index is 1.96. The Morgan fingerprint density at radius 3 is 3.00 bits per heavy atom. The molecule has 1 saturated heterocycles. The molecule has 0 spiro atoms. The van der Waals surface area contributed by atoms with Gasteiger partial charge in [-0.2, -0.15) is 0 Å². The number of rotatable bonds is 2. The maximum atomic E-state index is 6.26. The molecule has 5 nitrogen and oxygen atoms in total. The molecule has 0 bridgehead atoms. The van der Waals surface area contributed by atoms with Crippen LogP contribution in [0.4, 0.5) is 0 Å². The van der Waals surface area contributed by atoms with E-state index in [1.807, 2.05) is 18.3 Å². The summed E-state index contributed by atoms with van der Waals surface area (Å²) in [6, 6.07) is 4.50. The molecule has 2 unspecified atom stereocenters. The first-order chi connectivity index (χ1) is 9.20. The van der Waals surface area contributed by atoms with Gasteiger partial charge in [-0.3, -0.25) is 0 Å². The van der Waals surface area contributed by atoms with E-state index >= 15 is 0 Å². The van der Waals surface area contributed by atoms with E-state index in [-0.39, 0.29) is 11.5 Å². The van der Waals surface area contributed by atoms with Gasteiger partial charge in [0.25, 0.3) is 0 Å². The van der Waals surface area contributed by atoms with Crippen LogP contribution < -0.4 is 5.73 Å². The zero-order valence-corrected chi connectivity index (χ0v) is 11.0. The fourth-order valence-electron chi connectivity index (χ4n) is 2.93. The van der Waals surface area contributed by atoms with Crippen LogP contribution in [0.1, 0.15) is 31.6 Å². The minimum atomic E-state index is -0.205. The molecule has 1 aliphatic heterocycles. The topological polar surface area (TPSA) is 66.0 Å². The summed E-state index contributed by atoms with van der Waals surface area (Å²) in [6.45, 7) is 3.41. The van der Waals surface area contributed by atoms with Crippen molar-refractivity contribution in [3.63, 3.8) is 0 Å². The van der Waals surface area contributed by atoms with E-state index < -0.39 is 0 Å². The van der Waals surface area contributed by atoms with Crippen LogP contribution in [0.15, 0.2) is 18.3 Å². The van der Waals surface area contributed by atoms with Crippen LogP contribution in [-0.4, -0.2) is 33.8 Å². The van der Waals surface area contributed by atoms with Crippen molar-refractivity contribution < 1.29 is 4.74 Å². The first kappa shape index (κ1) is 11.4. The lowest BCUT2D eigenvalue weighted by Crippen LogP contribution is -2.43. The maximum absolute atomic E-state index is 6.26. The Morgan fingerprint density at radius 1 is 1.47 bits per heavy atom. The van der Waals surface area contributed by atoms with Gasteiger partial charge in [0.05, 0.1) is 18.6 Å². The number of pyridine rings is 1. The van der Waals surface area contributed by atoms with E-state index in [0.717, 1.165) is 17.0 Å². The van der Waals surface area contributed by atoms with Crippen molar-refractivity contribution in [2.45, 2.75) is 37.3 Å². The average molecular weight is 258 g/mol. The number of nitrogens with zero attached hydrogens (tertiary/aromatic N) is 3. The normalized spacial score (nSPS) is 31.2. The third-order valence-electron chi connectivity index (χ3n) is 4.39. The van der Waals surface area contributed by atoms with Crippen molar-refractivity contribution in [3.8, 4) is 0 Å². The molecule has 2 N–H and O–H groups in total. The van der Waals surface area contributed by atoms with Crippen molar-refractivity contribution in [1.82, 2.24) is 14.5 Å². The van der Waals surface area contributed by atoms with Gasteiger partial charge in [0.2, 0.25) is 0 Å². The fraction of sp³-hybridized carbons (Fsp3) is 0.571. The van der Waals surface area contributed by atoms with Crippen molar-refractivity contribution in [2.24, 2.45) is 5.73 Å². The lowest BCUT2D eigenvalue weighted by atomic mass is 9.85. The van der Waals surface area contributed by atoms with Crippen LogP contribution in [0.5, 0.6) is 0 Å². The maximum Gasteiger partial charge on any atom is 0.160 e. The molecule has 3 heterocycles. The van der Waals surface area contributed by atoms with Crippen LogP contribution in [-0.2, 0) is 10.2 Å². The van der Waals surface area contributed by atoms with Crippen LogP contribution in [0.2, 0.25) is 0 Å². The van der Waals surface area contributed by atoms with Crippen molar-refractivity contribution in [3.05, 3.63) is 24.2 Å². The zero-order valence-electron chi connectivity index (χ0n) is 11.0. The Labute approximate surface area is 111 Å². The van der Waals surface area contributed by atoms with Gasteiger partial charge in [0.1, 0.15) is 11.3 Å². The highest BCUT2D eigenvalue weighted by atomic mass is 16.5. The third-order valence-corrected chi connectivity index (χ3v) is 4.39. The number of ether oxygens (including phenoxy) is 1. The van der Waals surface area contributed by atoms with E-state index in [1.165, 1.54) is 12.8 Å². The van der Waals surface area contributed by atoms with Gasteiger partial charge >= 0.3 is 0 Å². The molecular formula is C14H18N4O. The lowest BCUT2D eigenvalue weighted by molar-refractivity contribution is 0.177. The van der Waals surface area contributed by atoms with Gasteiger partial charge in [-0.15, -0.1) is 0 Å². The SMILES string of the molecule is CC1(c2nc3cccnc3n2C2CC2)COCC1N. The second-order valence-electron chi connectivity index (χ2n) is 5.92. The summed E-state index contributed by atoms with van der Waals surface area (Å²) in [7, 11) is 0. The standard InChI is InChI=1S/C14H18N4O/c1-14(8-19-7-11(14)15)13-17-10-3-2-6-16-12(10)18(13)9-4-5-9/h2-3,6,9,11H,4-5,7-8,15H2,1H3. The van der Waals surface area contributed by atoms with Crippen molar-refractivity contribution in [2.75, 3.05) is 13.2 Å². The summed E-state index contributed by atoms with van der Waals surface area (Å²) in [5.41, 5.74) is 8.00. The van der Waals surface area contributed by atoms with Gasteiger partial charge in [0, 0.05) is 18.3 Å². The van der Waals surface area contributed by atoms with Crippen LogP contribution >= 0.6 is 0 Å². The molecule has 2 aromatic heterocycles. The molecule has 2 fully saturated rings. The van der Waals surface area contributed by atoms with Crippen LogP contribution in [0, 0.1) is 0 Å². The third kappa shape index (κ3) is 1.55. The number of fused-ring (bicyclic) bond motifs is 1. The monoisotopic (exact) mass is 258 g/mol. The molecule has 100 valence electrons. The lowest BCUT2D eigenvalue weighted by Gasteiger charge is -2.27. The molecule has 0 amide bonds. The van der Waals surface area contributed by atoms with Gasteiger partial charge in [-0.1, -0.05) is 0 Å². The van der Waals surface area contributed by atoms with Crippen molar-refractivity contribution >= 4 is 11.2 Å². The van der Waals surface area contributed by atoms with Crippen LogP contribution in [0.3, 0.4) is 0 Å². The highest BCUT2D eigenvalue weighted by Crippen LogP contribution is 2.42. The Morgan fingerprint density at radius 2 is 2.32 bits per heavy atom. The minimum absolute atomic E-state index is 0.00168. The average Bonchev–Trinajstić information content (AvgIpc) is 3.09. The zero-order chi connectivity index (χ0) is 13.0. The number of hydrogen-bond acceptors (Lipinski definition) is 4. The Kier molecular flexibility index (Phi) is 2.26. The highest BCUT2D eigenvalue weighted by molar-refractivity contribution is 5.72. The minimum Gasteiger partial charge on any atom is -0.379 e. The van der Waals surface area contributed by atoms with Gasteiger partial charge < -0.3 is 15.0 Å². The summed E-state index contributed by atoms with van der Waals surface area (Å²) >= 11 is 0. The second kappa shape index (κ2) is 3.77. The summed E-state index contributed by atoms with van der Waals surface area (Å²) < 4.78 is 7.87. The molecule has 1 saturated carbocycles. The van der Waals surface area contributed by atoms with Gasteiger partial charge in [-0.05, 0) is 31.9 Å². The fourth-order valence-corrected chi connectivity index (χ4v) is 2.93. The predicted molar refractivity (Wildman–Crippen MR) is 71.9 cm³/mol. The second-order valence-corrected chi connectivity index (χ2v) is 5.92. The first-order valence-corrected chi connectivity index (χ1v) is 6.87. The molecule has 0 radical (unpaired) electrons. The molecule has 0 aromatic carbocycles. The predicted octanol–water partition coefficient (Wildman–Crippen LogP) is 1.38. The molecule has 1 aliphatic carbocycles. The highest BCUT2D eigenvalue weighted by Gasteiger charge is 2.45. The van der Waals surface area contributed by atoms with Crippen LogP contribution in [0.25, 0.3) is 11.2 Å². The molecule has 5 heteroatoms. The summed E-state index contributed by atoms with van der Waals surface area (Å²) in [5.74, 6) is 1.05. The molecule has 2 aliphatic rings. The molecule has 19 heavy (non-hydrogen) atoms. The summed E-state index contributed by atoms with van der Waals surface area (Å²) in [6.07, 6.45) is 4.25. The Hall–Kier alpha value is -1.46. The number of imidazole rings is 1. The quantitative estimate of drug-likeness (QED) is 0.883. The first-order valence-electron chi connectivity index (χ1n) is 6.87. The molecule has 2 aromatic rings. The van der Waals surface area contributed by atoms with E-state index in [1.54, 1.807) is 0 Å². The van der Waals surface area contributed by atoms with Crippen molar-refractivity contribution in [1.29, 1.82) is 0 Å². The van der Waals surface area contributed by atoms with E-state index in [0.29, 0.717) is 19.3 Å². The smallest absolute Gasteiger partial charge is 0.160 e. The van der Waals surface area contributed by atoms with E-state index in [9.17, 15) is 0 Å². The largest absolute Gasteiger partial charge is 0.379 e. The molecule has 4 rings (SSSR count). The number of hydrogen-bond donors (Lipinski definition) is 1. The summed E-state index contributed by atoms with van der Waals surface area (Å²) in [5, 5.41) is 0. The number of nitrogens with two attached hydrogens (primary N) is 1. The molecule has 2 atom stereocenters. The van der Waals surface area contributed by atoms with E-state index in [4.69, 9.17) is 15.5 Å². The number of aromatic nitrogens is 3. The van der Waals surface area contributed by atoms with E-state index in [2.05, 4.69) is 16.5 Å². The summed E-state index contributed by atoms with van der Waals surface area (Å²) in [4.78, 5) is 9.33. The van der Waals surface area contributed by atoms with Gasteiger partial charge in [0.15, 0.2) is 5.65 Å². The van der Waals surface area contributed by atoms with Gasteiger partial charge in [-0.25, -0.2) is 9.97 Å². The molecular weight excluding hydrogens is 240 g/mol. The Bertz CT molecular complexity index is 633.